The lowest BCUT2D eigenvalue weighted by Crippen LogP contribution is -2.11. The summed E-state index contributed by atoms with van der Waals surface area (Å²) in [6.45, 7) is 1.76. The summed E-state index contributed by atoms with van der Waals surface area (Å²) in [4.78, 5) is 16.1. The topological polar surface area (TPSA) is 30.0 Å². The fraction of sp³-hybridized carbons (Fsp3) is 0.143. The van der Waals surface area contributed by atoms with E-state index in [1.165, 1.54) is 6.07 Å². The van der Waals surface area contributed by atoms with Crippen LogP contribution in [0, 0.1) is 5.82 Å². The van der Waals surface area contributed by atoms with Crippen LogP contribution < -0.4 is 0 Å². The second kappa shape index (κ2) is 5.40. The number of pyridine rings is 1. The van der Waals surface area contributed by atoms with Crippen LogP contribution in [0.25, 0.3) is 0 Å². The van der Waals surface area contributed by atoms with Gasteiger partial charge in [-0.05, 0) is 45.8 Å². The Labute approximate surface area is 113 Å². The van der Waals surface area contributed by atoms with E-state index in [1.54, 1.807) is 43.6 Å². The zero-order valence-electron chi connectivity index (χ0n) is 9.73. The van der Waals surface area contributed by atoms with Gasteiger partial charge in [0.05, 0.1) is 10.0 Å². The third-order valence-electron chi connectivity index (χ3n) is 2.82. The van der Waals surface area contributed by atoms with E-state index < -0.39 is 11.7 Å². The number of hydrogen-bond donors (Lipinski definition) is 0. The molecule has 1 unspecified atom stereocenters. The van der Waals surface area contributed by atoms with Gasteiger partial charge in [-0.25, -0.2) is 4.39 Å². The Balaban J connectivity index is 2.35. The molecule has 2 rings (SSSR count). The third kappa shape index (κ3) is 2.48. The fourth-order valence-electron chi connectivity index (χ4n) is 1.73. The van der Waals surface area contributed by atoms with E-state index in [-0.39, 0.29) is 11.3 Å². The Bertz CT molecular complexity index is 571. The minimum absolute atomic E-state index is 0.105. The second-order valence-electron chi connectivity index (χ2n) is 3.97. The van der Waals surface area contributed by atoms with Gasteiger partial charge in [0.15, 0.2) is 5.78 Å². The molecule has 0 bridgehead atoms. The number of nitrogens with zero attached hydrogens (tertiary/aromatic N) is 1. The van der Waals surface area contributed by atoms with Gasteiger partial charge >= 0.3 is 0 Å². The molecule has 1 aromatic carbocycles. The van der Waals surface area contributed by atoms with Gasteiger partial charge in [-0.1, -0.05) is 13.0 Å². The molecule has 0 radical (unpaired) electrons. The lowest BCUT2D eigenvalue weighted by molar-refractivity contribution is 0.0962. The number of Topliss-reactive ketones (excluding diaryl/α,β-unsaturated/α-hetero) is 1. The molecule has 0 aliphatic rings. The summed E-state index contributed by atoms with van der Waals surface area (Å²) in [5.74, 6) is -1.14. The molecule has 2 aromatic rings. The van der Waals surface area contributed by atoms with E-state index >= 15 is 0 Å². The highest BCUT2D eigenvalue weighted by Crippen LogP contribution is 2.25. The number of rotatable bonds is 3. The molecule has 4 heteroatoms. The van der Waals surface area contributed by atoms with Gasteiger partial charge in [-0.15, -0.1) is 0 Å². The number of benzene rings is 1. The van der Waals surface area contributed by atoms with Crippen LogP contribution in [0.3, 0.4) is 0 Å². The lowest BCUT2D eigenvalue weighted by atomic mass is 9.93. The predicted octanol–water partition coefficient (Wildman–Crippen LogP) is 3.97. The maximum absolute atomic E-state index is 13.8. The van der Waals surface area contributed by atoms with Crippen LogP contribution in [0.2, 0.25) is 0 Å². The molecular weight excluding hydrogens is 297 g/mol. The van der Waals surface area contributed by atoms with Crippen molar-refractivity contribution in [1.82, 2.24) is 4.98 Å². The number of hydrogen-bond acceptors (Lipinski definition) is 2. The summed E-state index contributed by atoms with van der Waals surface area (Å²) < 4.78 is 14.1. The van der Waals surface area contributed by atoms with E-state index in [2.05, 4.69) is 20.9 Å². The highest BCUT2D eigenvalue weighted by atomic mass is 79.9. The van der Waals surface area contributed by atoms with Crippen molar-refractivity contribution in [2.75, 3.05) is 0 Å². The molecule has 0 aliphatic heterocycles. The van der Waals surface area contributed by atoms with Gasteiger partial charge < -0.3 is 0 Å². The Morgan fingerprint density at radius 1 is 1.28 bits per heavy atom. The molecule has 18 heavy (non-hydrogen) atoms. The highest BCUT2D eigenvalue weighted by molar-refractivity contribution is 9.10. The van der Waals surface area contributed by atoms with Crippen LogP contribution in [-0.4, -0.2) is 10.8 Å². The van der Waals surface area contributed by atoms with Gasteiger partial charge in [-0.2, -0.15) is 0 Å². The number of carbonyl (C=O) groups excluding carboxylic acids is 1. The van der Waals surface area contributed by atoms with Gasteiger partial charge in [0.2, 0.25) is 0 Å². The zero-order chi connectivity index (χ0) is 13.1. The average molecular weight is 308 g/mol. The summed E-state index contributed by atoms with van der Waals surface area (Å²) in [6, 6.07) is 8.25. The number of ketones is 1. The first-order valence-electron chi connectivity index (χ1n) is 5.49. The van der Waals surface area contributed by atoms with Crippen molar-refractivity contribution in [1.29, 1.82) is 0 Å². The maximum atomic E-state index is 13.8. The first-order valence-corrected chi connectivity index (χ1v) is 6.28. The monoisotopic (exact) mass is 307 g/mol. The minimum atomic E-state index is -0.511. The summed E-state index contributed by atoms with van der Waals surface area (Å²) >= 11 is 3.08. The second-order valence-corrected chi connectivity index (χ2v) is 4.82. The average Bonchev–Trinajstić information content (AvgIpc) is 2.41. The van der Waals surface area contributed by atoms with Crippen molar-refractivity contribution in [3.8, 4) is 0 Å². The Morgan fingerprint density at radius 2 is 1.94 bits per heavy atom. The Morgan fingerprint density at radius 3 is 2.61 bits per heavy atom. The first kappa shape index (κ1) is 12.9. The van der Waals surface area contributed by atoms with Crippen LogP contribution >= 0.6 is 15.9 Å². The number of aromatic nitrogens is 1. The molecular formula is C14H11BrFNO. The Kier molecular flexibility index (Phi) is 3.87. The van der Waals surface area contributed by atoms with Gasteiger partial charge in [-0.3, -0.25) is 9.78 Å². The van der Waals surface area contributed by atoms with E-state index in [1.807, 2.05) is 0 Å². The SMILES string of the molecule is CC(C(=O)c1cccc(Br)c1F)c1ccncc1. The molecule has 1 heterocycles. The summed E-state index contributed by atoms with van der Waals surface area (Å²) in [5, 5.41) is 0. The largest absolute Gasteiger partial charge is 0.293 e. The van der Waals surface area contributed by atoms with Crippen LogP contribution in [-0.2, 0) is 0 Å². The molecule has 1 atom stereocenters. The smallest absolute Gasteiger partial charge is 0.173 e. The molecule has 0 amide bonds. The first-order chi connectivity index (χ1) is 8.61. The minimum Gasteiger partial charge on any atom is -0.293 e. The standard InChI is InChI=1S/C14H11BrFNO/c1-9(10-5-7-17-8-6-10)14(18)11-3-2-4-12(15)13(11)16/h2-9H,1H3. The highest BCUT2D eigenvalue weighted by Gasteiger charge is 2.21. The molecule has 0 saturated heterocycles. The molecule has 0 saturated carbocycles. The van der Waals surface area contributed by atoms with Crippen LogP contribution in [0.4, 0.5) is 4.39 Å². The molecule has 92 valence electrons. The molecule has 2 nitrogen and oxygen atoms in total. The van der Waals surface area contributed by atoms with Crippen LogP contribution in [0.15, 0.2) is 47.2 Å². The van der Waals surface area contributed by atoms with E-state index in [9.17, 15) is 9.18 Å². The molecule has 1 aromatic heterocycles. The number of carbonyl (C=O) groups is 1. The van der Waals surface area contributed by atoms with Crippen LogP contribution in [0.1, 0.15) is 28.8 Å². The third-order valence-corrected chi connectivity index (χ3v) is 3.43. The van der Waals surface area contributed by atoms with Gasteiger partial charge in [0.25, 0.3) is 0 Å². The molecule has 0 spiro atoms. The van der Waals surface area contributed by atoms with E-state index in [0.29, 0.717) is 4.47 Å². The van der Waals surface area contributed by atoms with E-state index in [4.69, 9.17) is 0 Å². The Hall–Kier alpha value is -1.55. The lowest BCUT2D eigenvalue weighted by Gasteiger charge is -2.11. The van der Waals surface area contributed by atoms with Crippen molar-refractivity contribution in [3.05, 3.63) is 64.1 Å². The van der Waals surface area contributed by atoms with Crippen molar-refractivity contribution < 1.29 is 9.18 Å². The van der Waals surface area contributed by atoms with Crippen molar-refractivity contribution in [2.45, 2.75) is 12.8 Å². The molecule has 0 fully saturated rings. The summed E-state index contributed by atoms with van der Waals surface area (Å²) in [6.07, 6.45) is 3.24. The normalized spacial score (nSPS) is 12.2. The van der Waals surface area contributed by atoms with Crippen molar-refractivity contribution >= 4 is 21.7 Å². The van der Waals surface area contributed by atoms with Gasteiger partial charge in [0, 0.05) is 18.3 Å². The summed E-state index contributed by atoms with van der Waals surface area (Å²) in [5.41, 5.74) is 0.933. The van der Waals surface area contributed by atoms with Crippen LogP contribution in [0.5, 0.6) is 0 Å². The molecule has 0 N–H and O–H groups in total. The zero-order valence-corrected chi connectivity index (χ0v) is 11.3. The van der Waals surface area contributed by atoms with Crippen molar-refractivity contribution in [3.63, 3.8) is 0 Å². The quantitative estimate of drug-likeness (QED) is 0.803. The number of halogens is 2. The summed E-state index contributed by atoms with van der Waals surface area (Å²) in [7, 11) is 0. The molecule has 0 aliphatic carbocycles. The van der Waals surface area contributed by atoms with Gasteiger partial charge in [0.1, 0.15) is 5.82 Å². The predicted molar refractivity (Wildman–Crippen MR) is 71.1 cm³/mol. The van der Waals surface area contributed by atoms with Crippen molar-refractivity contribution in [2.24, 2.45) is 0 Å². The maximum Gasteiger partial charge on any atom is 0.173 e. The fourth-order valence-corrected chi connectivity index (χ4v) is 2.10. The van der Waals surface area contributed by atoms with E-state index in [0.717, 1.165) is 5.56 Å².